The molecule has 0 bridgehead atoms. The molecule has 0 saturated carbocycles. The van der Waals surface area contributed by atoms with Gasteiger partial charge in [0, 0.05) is 33.2 Å². The molecule has 14 heavy (non-hydrogen) atoms. The topological polar surface area (TPSA) is 27.7 Å². The molecule has 1 rings (SSSR count). The van der Waals surface area contributed by atoms with Gasteiger partial charge >= 0.3 is 0 Å². The Morgan fingerprint density at radius 1 is 1.14 bits per heavy atom. The number of nitrogens with zero attached hydrogens (tertiary/aromatic N) is 2. The number of unbranched alkanes of at least 4 members (excludes halogenated alkanes) is 1. The lowest BCUT2D eigenvalue weighted by Gasteiger charge is -2.32. The second-order valence-electron chi connectivity index (χ2n) is 3.90. The maximum absolute atomic E-state index is 5.06. The predicted octanol–water partition coefficient (Wildman–Crippen LogP) is 0.165. The number of likely N-dealkylation sites (N-methyl/N-ethyl adjacent to an activating group) is 1. The highest BCUT2D eigenvalue weighted by Crippen LogP contribution is 2.01. The SMILES string of the molecule is CNOCCCCN1CCN(C)CC1. The Kier molecular flexibility index (Phi) is 6.10. The van der Waals surface area contributed by atoms with Crippen molar-refractivity contribution in [1.29, 1.82) is 0 Å². The van der Waals surface area contributed by atoms with Gasteiger partial charge in [0.25, 0.3) is 0 Å². The molecule has 1 fully saturated rings. The average molecular weight is 201 g/mol. The average Bonchev–Trinajstić information content (AvgIpc) is 2.21. The van der Waals surface area contributed by atoms with Crippen LogP contribution in [0.3, 0.4) is 0 Å². The summed E-state index contributed by atoms with van der Waals surface area (Å²) in [6.07, 6.45) is 2.39. The fourth-order valence-electron chi connectivity index (χ4n) is 1.68. The van der Waals surface area contributed by atoms with Gasteiger partial charge in [-0.2, -0.15) is 0 Å². The molecule has 0 atom stereocenters. The summed E-state index contributed by atoms with van der Waals surface area (Å²) < 4.78 is 0. The van der Waals surface area contributed by atoms with Crippen molar-refractivity contribution >= 4 is 0 Å². The van der Waals surface area contributed by atoms with E-state index in [0.717, 1.165) is 13.0 Å². The Morgan fingerprint density at radius 3 is 2.50 bits per heavy atom. The van der Waals surface area contributed by atoms with Crippen LogP contribution in [0.15, 0.2) is 0 Å². The van der Waals surface area contributed by atoms with Gasteiger partial charge in [0.05, 0.1) is 6.61 Å². The van der Waals surface area contributed by atoms with E-state index < -0.39 is 0 Å². The minimum absolute atomic E-state index is 0.824. The Morgan fingerprint density at radius 2 is 1.86 bits per heavy atom. The van der Waals surface area contributed by atoms with Gasteiger partial charge in [-0.05, 0) is 26.4 Å². The largest absolute Gasteiger partial charge is 0.304 e. The van der Waals surface area contributed by atoms with Crippen LogP contribution in [0.4, 0.5) is 0 Å². The van der Waals surface area contributed by atoms with Crippen molar-refractivity contribution in [2.24, 2.45) is 0 Å². The van der Waals surface area contributed by atoms with Crippen LogP contribution in [0.2, 0.25) is 0 Å². The number of hydrogen-bond donors (Lipinski definition) is 1. The van der Waals surface area contributed by atoms with Crippen LogP contribution in [0.25, 0.3) is 0 Å². The monoisotopic (exact) mass is 201 g/mol. The Balaban J connectivity index is 1.91. The molecular weight excluding hydrogens is 178 g/mol. The maximum Gasteiger partial charge on any atom is 0.0682 e. The normalized spacial score (nSPS) is 20.1. The van der Waals surface area contributed by atoms with E-state index in [1.54, 1.807) is 7.05 Å². The zero-order valence-corrected chi connectivity index (χ0v) is 9.46. The molecule has 4 heteroatoms. The van der Waals surface area contributed by atoms with Gasteiger partial charge in [0.1, 0.15) is 0 Å². The van der Waals surface area contributed by atoms with E-state index in [2.05, 4.69) is 22.3 Å². The molecule has 0 aromatic heterocycles. The molecule has 84 valence electrons. The van der Waals surface area contributed by atoms with E-state index in [0.29, 0.717) is 0 Å². The van der Waals surface area contributed by atoms with Crippen molar-refractivity contribution < 1.29 is 4.84 Å². The Labute approximate surface area is 87.2 Å². The second kappa shape index (κ2) is 7.17. The third kappa shape index (κ3) is 4.91. The van der Waals surface area contributed by atoms with Gasteiger partial charge in [0.2, 0.25) is 0 Å². The van der Waals surface area contributed by atoms with Crippen molar-refractivity contribution in [2.45, 2.75) is 12.8 Å². The van der Waals surface area contributed by atoms with Gasteiger partial charge in [-0.25, -0.2) is 5.48 Å². The van der Waals surface area contributed by atoms with Crippen molar-refractivity contribution in [3.05, 3.63) is 0 Å². The first-order valence-electron chi connectivity index (χ1n) is 5.52. The molecule has 0 aromatic rings. The van der Waals surface area contributed by atoms with Crippen LogP contribution in [-0.2, 0) is 4.84 Å². The summed E-state index contributed by atoms with van der Waals surface area (Å²) >= 11 is 0. The first kappa shape index (κ1) is 11.9. The standard InChI is InChI=1S/C10H23N3O/c1-11-14-10-4-3-5-13-8-6-12(2)7-9-13/h11H,3-10H2,1-2H3. The first-order chi connectivity index (χ1) is 6.83. The van der Waals surface area contributed by atoms with Crippen molar-refractivity contribution in [3.8, 4) is 0 Å². The molecule has 1 aliphatic rings. The van der Waals surface area contributed by atoms with Crippen LogP contribution < -0.4 is 5.48 Å². The zero-order chi connectivity index (χ0) is 10.2. The molecular formula is C10H23N3O. The number of rotatable bonds is 6. The summed E-state index contributed by atoms with van der Waals surface area (Å²) in [5.41, 5.74) is 2.69. The van der Waals surface area contributed by atoms with Crippen molar-refractivity contribution in [1.82, 2.24) is 15.3 Å². The molecule has 1 aliphatic heterocycles. The highest BCUT2D eigenvalue weighted by Gasteiger charge is 2.12. The summed E-state index contributed by atoms with van der Waals surface area (Å²) in [5.74, 6) is 0. The first-order valence-corrected chi connectivity index (χ1v) is 5.52. The minimum Gasteiger partial charge on any atom is -0.304 e. The molecule has 1 heterocycles. The quantitative estimate of drug-likeness (QED) is 0.489. The van der Waals surface area contributed by atoms with Crippen LogP contribution in [0.1, 0.15) is 12.8 Å². The summed E-state index contributed by atoms with van der Waals surface area (Å²) in [5, 5.41) is 0. The van der Waals surface area contributed by atoms with Gasteiger partial charge in [0.15, 0.2) is 0 Å². The summed E-state index contributed by atoms with van der Waals surface area (Å²) in [6.45, 7) is 6.93. The highest BCUT2D eigenvalue weighted by molar-refractivity contribution is 4.68. The molecule has 1 saturated heterocycles. The van der Waals surface area contributed by atoms with E-state index in [1.807, 2.05) is 0 Å². The molecule has 0 unspecified atom stereocenters. The maximum atomic E-state index is 5.06. The van der Waals surface area contributed by atoms with Crippen molar-refractivity contribution in [2.75, 3.05) is 53.4 Å². The predicted molar refractivity (Wildman–Crippen MR) is 58.2 cm³/mol. The molecule has 0 amide bonds. The second-order valence-corrected chi connectivity index (χ2v) is 3.90. The molecule has 0 spiro atoms. The fourth-order valence-corrected chi connectivity index (χ4v) is 1.68. The summed E-state index contributed by atoms with van der Waals surface area (Å²) in [6, 6.07) is 0. The summed E-state index contributed by atoms with van der Waals surface area (Å²) in [4.78, 5) is 9.99. The van der Waals surface area contributed by atoms with E-state index in [-0.39, 0.29) is 0 Å². The van der Waals surface area contributed by atoms with Crippen molar-refractivity contribution in [3.63, 3.8) is 0 Å². The van der Waals surface area contributed by atoms with Crippen LogP contribution in [-0.4, -0.2) is 63.2 Å². The summed E-state index contributed by atoms with van der Waals surface area (Å²) in [7, 11) is 4.00. The smallest absolute Gasteiger partial charge is 0.0682 e. The molecule has 1 N–H and O–H groups in total. The number of hydrogen-bond acceptors (Lipinski definition) is 4. The molecule has 4 nitrogen and oxygen atoms in total. The van der Waals surface area contributed by atoms with E-state index in [1.165, 1.54) is 39.1 Å². The molecule has 0 aliphatic carbocycles. The lowest BCUT2D eigenvalue weighted by Crippen LogP contribution is -2.44. The number of nitrogens with one attached hydrogen (secondary N) is 1. The Hall–Kier alpha value is -0.160. The van der Waals surface area contributed by atoms with Crippen LogP contribution in [0, 0.1) is 0 Å². The van der Waals surface area contributed by atoms with E-state index in [4.69, 9.17) is 4.84 Å². The third-order valence-corrected chi connectivity index (χ3v) is 2.71. The lowest BCUT2D eigenvalue weighted by atomic mass is 10.2. The Bertz CT molecular complexity index is 135. The number of piperazine rings is 1. The molecule has 0 aromatic carbocycles. The van der Waals surface area contributed by atoms with E-state index in [9.17, 15) is 0 Å². The van der Waals surface area contributed by atoms with Crippen LogP contribution in [0.5, 0.6) is 0 Å². The molecule has 0 radical (unpaired) electrons. The third-order valence-electron chi connectivity index (χ3n) is 2.71. The van der Waals surface area contributed by atoms with Crippen LogP contribution >= 0.6 is 0 Å². The van der Waals surface area contributed by atoms with Gasteiger partial charge < -0.3 is 14.6 Å². The zero-order valence-electron chi connectivity index (χ0n) is 9.46. The van der Waals surface area contributed by atoms with Gasteiger partial charge in [-0.15, -0.1) is 0 Å². The lowest BCUT2D eigenvalue weighted by molar-refractivity contribution is 0.0527. The van der Waals surface area contributed by atoms with Gasteiger partial charge in [-0.1, -0.05) is 0 Å². The highest BCUT2D eigenvalue weighted by atomic mass is 16.6. The fraction of sp³-hybridized carbons (Fsp3) is 1.00. The number of hydroxylamine groups is 1. The van der Waals surface area contributed by atoms with E-state index >= 15 is 0 Å². The minimum atomic E-state index is 0.824. The van der Waals surface area contributed by atoms with Gasteiger partial charge in [-0.3, -0.25) is 0 Å².